The molecule has 0 radical (unpaired) electrons. The number of carbonyl (C=O) groups is 1. The Morgan fingerprint density at radius 1 is 1.30 bits per heavy atom. The maximum absolute atomic E-state index is 10.8. The third kappa shape index (κ3) is 4.93. The van der Waals surface area contributed by atoms with Gasteiger partial charge in [-0.2, -0.15) is 0 Å². The van der Waals surface area contributed by atoms with Gasteiger partial charge in [-0.05, 0) is 50.7 Å². The normalized spacial score (nSPS) is 23.9. The van der Waals surface area contributed by atoms with Crippen LogP contribution in [0.25, 0.3) is 0 Å². The van der Waals surface area contributed by atoms with Crippen LogP contribution in [-0.2, 0) is 4.79 Å². The van der Waals surface area contributed by atoms with Gasteiger partial charge in [0, 0.05) is 0 Å². The van der Waals surface area contributed by atoms with Crippen LogP contribution in [0.3, 0.4) is 0 Å². The molecule has 20 heavy (non-hydrogen) atoms. The molecular weight excluding hydrogens is 248 g/mol. The fourth-order valence-electron chi connectivity index (χ4n) is 2.79. The molecule has 0 amide bonds. The fourth-order valence-corrected chi connectivity index (χ4v) is 2.79. The van der Waals surface area contributed by atoms with E-state index in [4.69, 9.17) is 0 Å². The Morgan fingerprint density at radius 2 is 1.95 bits per heavy atom. The van der Waals surface area contributed by atoms with Gasteiger partial charge in [-0.3, -0.25) is 4.79 Å². The average Bonchev–Trinajstić information content (AvgIpc) is 2.25. The van der Waals surface area contributed by atoms with E-state index in [1.54, 1.807) is 19.1 Å². The first-order valence-corrected chi connectivity index (χ1v) is 7.14. The van der Waals surface area contributed by atoms with E-state index in [-0.39, 0.29) is 17.3 Å². The Morgan fingerprint density at radius 3 is 2.50 bits per heavy atom. The minimum atomic E-state index is -0.225. The smallest absolute Gasteiger partial charge is 0.152 e. The van der Waals surface area contributed by atoms with Crippen LogP contribution in [0.2, 0.25) is 0 Å². The number of rotatable bonds is 4. The van der Waals surface area contributed by atoms with E-state index in [9.17, 15) is 9.90 Å². The fraction of sp³-hybridized carbons (Fsp3) is 0.500. The van der Waals surface area contributed by atoms with E-state index in [1.807, 2.05) is 13.0 Å². The van der Waals surface area contributed by atoms with Crippen molar-refractivity contribution in [3.05, 3.63) is 47.1 Å². The van der Waals surface area contributed by atoms with Crippen molar-refractivity contribution < 1.29 is 9.90 Å². The first-order chi connectivity index (χ1) is 9.22. The molecule has 2 heteroatoms. The molecule has 2 nitrogen and oxygen atoms in total. The highest BCUT2D eigenvalue weighted by molar-refractivity contribution is 5.87. The highest BCUT2D eigenvalue weighted by Gasteiger charge is 2.31. The van der Waals surface area contributed by atoms with Gasteiger partial charge >= 0.3 is 0 Å². The lowest BCUT2D eigenvalue weighted by molar-refractivity contribution is -0.112. The highest BCUT2D eigenvalue weighted by atomic mass is 16.3. The monoisotopic (exact) mass is 274 g/mol. The van der Waals surface area contributed by atoms with Gasteiger partial charge in [0.1, 0.15) is 0 Å². The summed E-state index contributed by atoms with van der Waals surface area (Å²) in [6.07, 6.45) is 10.8. The van der Waals surface area contributed by atoms with Gasteiger partial charge in [0.05, 0.1) is 6.10 Å². The number of aliphatic hydroxyl groups is 1. The lowest BCUT2D eigenvalue weighted by Crippen LogP contribution is -2.28. The van der Waals surface area contributed by atoms with Crippen LogP contribution in [0.1, 0.15) is 47.5 Å². The van der Waals surface area contributed by atoms with E-state index in [1.165, 1.54) is 11.1 Å². The van der Waals surface area contributed by atoms with Crippen molar-refractivity contribution in [2.24, 2.45) is 5.41 Å². The molecule has 1 atom stereocenters. The molecule has 0 saturated carbocycles. The summed E-state index contributed by atoms with van der Waals surface area (Å²) in [6.45, 7) is 10.0. The molecule has 0 bridgehead atoms. The van der Waals surface area contributed by atoms with Crippen molar-refractivity contribution in [3.63, 3.8) is 0 Å². The molecule has 0 aromatic rings. The summed E-state index contributed by atoms with van der Waals surface area (Å²) < 4.78 is 0. The number of ketones is 1. The second-order valence-electron chi connectivity index (χ2n) is 6.35. The number of hydrogen-bond acceptors (Lipinski definition) is 2. The second kappa shape index (κ2) is 6.85. The van der Waals surface area contributed by atoms with Crippen molar-refractivity contribution >= 4 is 5.78 Å². The first kappa shape index (κ1) is 16.6. The van der Waals surface area contributed by atoms with Gasteiger partial charge < -0.3 is 5.11 Å². The quantitative estimate of drug-likeness (QED) is 0.618. The van der Waals surface area contributed by atoms with Crippen LogP contribution in [0, 0.1) is 5.41 Å². The van der Waals surface area contributed by atoms with Crippen molar-refractivity contribution in [1.29, 1.82) is 0 Å². The third-order valence-electron chi connectivity index (χ3n) is 3.68. The average molecular weight is 274 g/mol. The van der Waals surface area contributed by atoms with E-state index >= 15 is 0 Å². The first-order valence-electron chi connectivity index (χ1n) is 7.14. The van der Waals surface area contributed by atoms with Crippen LogP contribution in [0.15, 0.2) is 47.1 Å². The van der Waals surface area contributed by atoms with E-state index in [0.29, 0.717) is 0 Å². The van der Waals surface area contributed by atoms with E-state index in [2.05, 4.69) is 32.9 Å². The zero-order chi connectivity index (χ0) is 15.3. The standard InChI is InChI=1S/C18H26O2/c1-13(7-6-8-15(3)19)9-10-17-14(2)11-16(20)12-18(17,4)5/h6-10,16,20H,11-12H2,1-5H3/b8-6+,10-9+,13-7+/t16-/m1/s1. The van der Waals surface area contributed by atoms with Gasteiger partial charge in [-0.15, -0.1) is 0 Å². The molecule has 0 spiro atoms. The maximum Gasteiger partial charge on any atom is 0.152 e. The van der Waals surface area contributed by atoms with Crippen molar-refractivity contribution in [3.8, 4) is 0 Å². The molecule has 0 aromatic heterocycles. The van der Waals surface area contributed by atoms with Gasteiger partial charge in [-0.25, -0.2) is 0 Å². The Kier molecular flexibility index (Phi) is 5.70. The van der Waals surface area contributed by atoms with Crippen LogP contribution in [0.4, 0.5) is 0 Å². The molecule has 0 aromatic carbocycles. The number of allylic oxidation sites excluding steroid dienone is 7. The zero-order valence-electron chi connectivity index (χ0n) is 13.2. The summed E-state index contributed by atoms with van der Waals surface area (Å²) in [5, 5.41) is 9.87. The van der Waals surface area contributed by atoms with Crippen LogP contribution >= 0.6 is 0 Å². The highest BCUT2D eigenvalue weighted by Crippen LogP contribution is 2.40. The molecule has 0 unspecified atom stereocenters. The third-order valence-corrected chi connectivity index (χ3v) is 3.68. The Labute approximate surface area is 122 Å². The number of hydrogen-bond donors (Lipinski definition) is 1. The molecule has 0 aliphatic heterocycles. The van der Waals surface area contributed by atoms with Crippen LogP contribution in [0.5, 0.6) is 0 Å². The molecule has 0 heterocycles. The van der Waals surface area contributed by atoms with Crippen molar-refractivity contribution in [2.75, 3.05) is 0 Å². The van der Waals surface area contributed by atoms with Crippen LogP contribution in [-0.4, -0.2) is 17.0 Å². The predicted molar refractivity (Wildman–Crippen MR) is 84.4 cm³/mol. The molecule has 110 valence electrons. The van der Waals surface area contributed by atoms with Crippen molar-refractivity contribution in [2.45, 2.75) is 53.6 Å². The Balaban J connectivity index is 2.88. The summed E-state index contributed by atoms with van der Waals surface area (Å²) in [7, 11) is 0. The van der Waals surface area contributed by atoms with Gasteiger partial charge in [0.2, 0.25) is 0 Å². The zero-order valence-corrected chi connectivity index (χ0v) is 13.2. The molecule has 1 N–H and O–H groups in total. The summed E-state index contributed by atoms with van der Waals surface area (Å²) in [6, 6.07) is 0. The van der Waals surface area contributed by atoms with Gasteiger partial charge in [-0.1, -0.05) is 49.3 Å². The minimum Gasteiger partial charge on any atom is -0.393 e. The van der Waals surface area contributed by atoms with E-state index in [0.717, 1.165) is 18.4 Å². The molecule has 1 aliphatic carbocycles. The summed E-state index contributed by atoms with van der Waals surface area (Å²) in [5.74, 6) is 0.0546. The molecule has 0 fully saturated rings. The lowest BCUT2D eigenvalue weighted by atomic mass is 9.71. The Hall–Kier alpha value is -1.41. The molecule has 1 rings (SSSR count). The van der Waals surface area contributed by atoms with Crippen LogP contribution < -0.4 is 0 Å². The summed E-state index contributed by atoms with van der Waals surface area (Å²) in [4.78, 5) is 10.8. The molecule has 0 saturated heterocycles. The number of aliphatic hydroxyl groups excluding tert-OH is 1. The maximum atomic E-state index is 10.8. The Bertz CT molecular complexity index is 488. The van der Waals surface area contributed by atoms with E-state index < -0.39 is 0 Å². The lowest BCUT2D eigenvalue weighted by Gasteiger charge is -2.35. The largest absolute Gasteiger partial charge is 0.393 e. The predicted octanol–water partition coefficient (Wildman–Crippen LogP) is 4.13. The van der Waals surface area contributed by atoms with Gasteiger partial charge in [0.15, 0.2) is 5.78 Å². The summed E-state index contributed by atoms with van der Waals surface area (Å²) in [5.41, 5.74) is 3.68. The SMILES string of the molecule is CC(=O)/C=C/C=C(C)/C=C/C1=C(C)C[C@@H](O)CC1(C)C. The molecular formula is C18H26O2. The number of carbonyl (C=O) groups excluding carboxylic acids is 1. The molecule has 1 aliphatic rings. The summed E-state index contributed by atoms with van der Waals surface area (Å²) >= 11 is 0. The topological polar surface area (TPSA) is 37.3 Å². The minimum absolute atomic E-state index is 0.00769. The van der Waals surface area contributed by atoms with Gasteiger partial charge in [0.25, 0.3) is 0 Å². The second-order valence-corrected chi connectivity index (χ2v) is 6.35. The van der Waals surface area contributed by atoms with Crippen molar-refractivity contribution in [1.82, 2.24) is 0 Å².